The topological polar surface area (TPSA) is 3.24 Å². The molecule has 2 atom stereocenters. The standard InChI is InChI=1S/C55H45N/c1-53-34-14-15-35-54(53,2)56(42-22-10-5-11-23-42)52-33-31-39(37-51(52)53)44-26-17-27-45-43(25-16-28-46(44)45)38-30-32-48-47-24-12-13-29-49(47)55(50(48)36-38,40-18-6-3-7-19-40)41-20-8-4-9-21-41/h3-13,16-33,36-37H,14-15,34-35H2,1-2H3. The highest BCUT2D eigenvalue weighted by molar-refractivity contribution is 6.05. The maximum Gasteiger partial charge on any atom is 0.0713 e. The third-order valence-corrected chi connectivity index (χ3v) is 14.1. The third kappa shape index (κ3) is 4.49. The van der Waals surface area contributed by atoms with Gasteiger partial charge in [0.2, 0.25) is 0 Å². The number of para-hydroxylation sites is 1. The molecule has 0 bridgehead atoms. The van der Waals surface area contributed by atoms with Crippen LogP contribution in [0.2, 0.25) is 0 Å². The summed E-state index contributed by atoms with van der Waals surface area (Å²) in [5, 5.41) is 2.58. The van der Waals surface area contributed by atoms with E-state index < -0.39 is 5.41 Å². The van der Waals surface area contributed by atoms with E-state index in [4.69, 9.17) is 0 Å². The second kappa shape index (κ2) is 12.4. The van der Waals surface area contributed by atoms with Crippen molar-refractivity contribution in [1.82, 2.24) is 0 Å². The molecular formula is C55H45N. The fourth-order valence-corrected chi connectivity index (χ4v) is 11.3. The number of hydrogen-bond donors (Lipinski definition) is 0. The second-order valence-corrected chi connectivity index (χ2v) is 16.7. The average molecular weight is 720 g/mol. The number of hydrogen-bond acceptors (Lipinski definition) is 1. The fraction of sp³-hybridized carbons (Fsp3) is 0.164. The lowest BCUT2D eigenvalue weighted by molar-refractivity contribution is 0.195. The van der Waals surface area contributed by atoms with Gasteiger partial charge in [-0.3, -0.25) is 0 Å². The van der Waals surface area contributed by atoms with E-state index in [1.165, 1.54) is 109 Å². The van der Waals surface area contributed by atoms with Crippen molar-refractivity contribution in [3.8, 4) is 33.4 Å². The van der Waals surface area contributed by atoms with Gasteiger partial charge in [-0.1, -0.05) is 177 Å². The Morgan fingerprint density at radius 1 is 0.411 bits per heavy atom. The first kappa shape index (κ1) is 33.2. The Kier molecular flexibility index (Phi) is 7.36. The average Bonchev–Trinajstić information content (AvgIpc) is 3.67. The molecule has 0 saturated heterocycles. The molecular weight excluding hydrogens is 675 g/mol. The lowest BCUT2D eigenvalue weighted by Gasteiger charge is -2.50. The number of benzene rings is 8. The Labute approximate surface area is 330 Å². The molecule has 3 aliphatic rings. The van der Waals surface area contributed by atoms with Crippen molar-refractivity contribution >= 4 is 22.1 Å². The monoisotopic (exact) mass is 719 g/mol. The summed E-state index contributed by atoms with van der Waals surface area (Å²) in [6, 6.07) is 70.7. The quantitative estimate of drug-likeness (QED) is 0.171. The van der Waals surface area contributed by atoms with E-state index in [1.807, 2.05) is 0 Å². The van der Waals surface area contributed by atoms with Gasteiger partial charge in [-0.2, -0.15) is 0 Å². The van der Waals surface area contributed by atoms with Crippen LogP contribution in [0.25, 0.3) is 44.2 Å². The van der Waals surface area contributed by atoms with Crippen molar-refractivity contribution in [2.75, 3.05) is 4.90 Å². The number of anilines is 2. The molecule has 8 aromatic rings. The van der Waals surface area contributed by atoms with Crippen LogP contribution in [0.3, 0.4) is 0 Å². The first-order chi connectivity index (χ1) is 27.5. The van der Waals surface area contributed by atoms with Crippen LogP contribution in [0.5, 0.6) is 0 Å². The van der Waals surface area contributed by atoms with Gasteiger partial charge in [0, 0.05) is 16.8 Å². The summed E-state index contributed by atoms with van der Waals surface area (Å²) in [5.74, 6) is 0. The van der Waals surface area contributed by atoms with Crippen LogP contribution < -0.4 is 4.90 Å². The Bertz CT molecular complexity index is 2740. The van der Waals surface area contributed by atoms with E-state index in [2.05, 4.69) is 207 Å². The van der Waals surface area contributed by atoms with Crippen molar-refractivity contribution in [2.45, 2.75) is 55.9 Å². The van der Waals surface area contributed by atoms with Gasteiger partial charge in [0.25, 0.3) is 0 Å². The van der Waals surface area contributed by atoms with Crippen molar-refractivity contribution in [2.24, 2.45) is 0 Å². The highest BCUT2D eigenvalue weighted by Gasteiger charge is 2.57. The van der Waals surface area contributed by atoms with Crippen LogP contribution in [0.4, 0.5) is 11.4 Å². The van der Waals surface area contributed by atoms with Crippen molar-refractivity contribution in [3.05, 3.63) is 216 Å². The molecule has 270 valence electrons. The van der Waals surface area contributed by atoms with Gasteiger partial charge in [0.1, 0.15) is 0 Å². The van der Waals surface area contributed by atoms with Crippen LogP contribution in [0.1, 0.15) is 67.3 Å². The molecule has 1 saturated carbocycles. The molecule has 0 aromatic heterocycles. The third-order valence-electron chi connectivity index (χ3n) is 14.1. The number of rotatable bonds is 5. The molecule has 1 heteroatoms. The maximum atomic E-state index is 2.67. The maximum absolute atomic E-state index is 2.67. The normalized spacial score (nSPS) is 20.3. The zero-order chi connectivity index (χ0) is 37.5. The van der Waals surface area contributed by atoms with Crippen molar-refractivity contribution in [1.29, 1.82) is 0 Å². The Morgan fingerprint density at radius 3 is 1.59 bits per heavy atom. The summed E-state index contributed by atoms with van der Waals surface area (Å²) in [4.78, 5) is 2.67. The molecule has 1 aliphatic heterocycles. The van der Waals surface area contributed by atoms with Crippen LogP contribution in [0, 0.1) is 0 Å². The predicted molar refractivity (Wildman–Crippen MR) is 235 cm³/mol. The molecule has 2 unspecified atom stereocenters. The molecule has 0 N–H and O–H groups in total. The number of fused-ring (bicyclic) bond motifs is 7. The van der Waals surface area contributed by atoms with Gasteiger partial charge < -0.3 is 4.90 Å². The SMILES string of the molecule is CC12CCCCC1(C)N(c1ccccc1)c1ccc(-c3cccc4c(-c5ccc6c(c5)C(c5ccccc5)(c5ccccc5)c5ccccc5-6)cccc34)cc12. The second-order valence-electron chi connectivity index (χ2n) is 16.7. The largest absolute Gasteiger partial charge is 0.334 e. The van der Waals surface area contributed by atoms with Gasteiger partial charge in [0.05, 0.1) is 11.0 Å². The van der Waals surface area contributed by atoms with Crippen LogP contribution in [-0.4, -0.2) is 5.54 Å². The van der Waals surface area contributed by atoms with E-state index in [-0.39, 0.29) is 11.0 Å². The number of nitrogens with zero attached hydrogens (tertiary/aromatic N) is 1. The molecule has 1 nitrogen and oxygen atoms in total. The summed E-state index contributed by atoms with van der Waals surface area (Å²) >= 11 is 0. The summed E-state index contributed by atoms with van der Waals surface area (Å²) < 4.78 is 0. The smallest absolute Gasteiger partial charge is 0.0713 e. The lowest BCUT2D eigenvalue weighted by Crippen LogP contribution is -2.54. The van der Waals surface area contributed by atoms with E-state index in [1.54, 1.807) is 0 Å². The van der Waals surface area contributed by atoms with Crippen molar-refractivity contribution < 1.29 is 0 Å². The van der Waals surface area contributed by atoms with Crippen molar-refractivity contribution in [3.63, 3.8) is 0 Å². The van der Waals surface area contributed by atoms with Crippen LogP contribution in [-0.2, 0) is 10.8 Å². The summed E-state index contributed by atoms with van der Waals surface area (Å²) in [7, 11) is 0. The Hall–Kier alpha value is -6.18. The summed E-state index contributed by atoms with van der Waals surface area (Å²) in [6.07, 6.45) is 4.95. The van der Waals surface area contributed by atoms with Gasteiger partial charge in [0.15, 0.2) is 0 Å². The minimum absolute atomic E-state index is 0.0292. The predicted octanol–water partition coefficient (Wildman–Crippen LogP) is 14.3. The molecule has 0 amide bonds. The fourth-order valence-electron chi connectivity index (χ4n) is 11.3. The van der Waals surface area contributed by atoms with Gasteiger partial charge in [-0.25, -0.2) is 0 Å². The molecule has 2 aliphatic carbocycles. The van der Waals surface area contributed by atoms with E-state index in [0.717, 1.165) is 0 Å². The van der Waals surface area contributed by atoms with Crippen LogP contribution in [0.15, 0.2) is 188 Å². The van der Waals surface area contributed by atoms with Crippen LogP contribution >= 0.6 is 0 Å². The molecule has 0 radical (unpaired) electrons. The molecule has 1 fully saturated rings. The van der Waals surface area contributed by atoms with E-state index in [9.17, 15) is 0 Å². The zero-order valence-corrected chi connectivity index (χ0v) is 32.2. The highest BCUT2D eigenvalue weighted by atomic mass is 15.3. The minimum Gasteiger partial charge on any atom is -0.334 e. The first-order valence-corrected chi connectivity index (χ1v) is 20.4. The van der Waals surface area contributed by atoms with E-state index in [0.29, 0.717) is 0 Å². The molecule has 1 heterocycles. The molecule has 56 heavy (non-hydrogen) atoms. The minimum atomic E-state index is -0.429. The summed E-state index contributed by atoms with van der Waals surface area (Å²) in [6.45, 7) is 5.05. The van der Waals surface area contributed by atoms with Gasteiger partial charge in [-0.05, 0) is 122 Å². The molecule has 8 aromatic carbocycles. The lowest BCUT2D eigenvalue weighted by atomic mass is 9.61. The Balaban J connectivity index is 1.08. The Morgan fingerprint density at radius 2 is 0.929 bits per heavy atom. The molecule has 11 rings (SSSR count). The van der Waals surface area contributed by atoms with Gasteiger partial charge >= 0.3 is 0 Å². The highest BCUT2D eigenvalue weighted by Crippen LogP contribution is 2.61. The van der Waals surface area contributed by atoms with Gasteiger partial charge in [-0.15, -0.1) is 0 Å². The first-order valence-electron chi connectivity index (χ1n) is 20.4. The zero-order valence-electron chi connectivity index (χ0n) is 32.2. The van der Waals surface area contributed by atoms with E-state index >= 15 is 0 Å². The summed E-state index contributed by atoms with van der Waals surface area (Å²) in [5.41, 5.74) is 16.8. The molecule has 0 spiro atoms.